The number of para-hydroxylation sites is 1. The molecule has 0 atom stereocenters. The third-order valence-corrected chi connectivity index (χ3v) is 2.82. The van der Waals surface area contributed by atoms with Gasteiger partial charge in [0, 0.05) is 23.8 Å². The molecule has 1 heterocycles. The van der Waals surface area contributed by atoms with Crippen molar-refractivity contribution in [2.75, 3.05) is 6.61 Å². The molecule has 0 aliphatic heterocycles. The molecule has 0 radical (unpaired) electrons. The van der Waals surface area contributed by atoms with Crippen LogP contribution < -0.4 is 5.32 Å². The minimum absolute atomic E-state index is 0.111. The summed E-state index contributed by atoms with van der Waals surface area (Å²) in [6.45, 7) is 4.74. The lowest BCUT2D eigenvalue weighted by Gasteiger charge is -2.22. The van der Waals surface area contributed by atoms with Crippen LogP contribution in [0.2, 0.25) is 0 Å². The Labute approximate surface area is 107 Å². The molecular weight excluding hydrogens is 226 g/mol. The lowest BCUT2D eigenvalue weighted by Crippen LogP contribution is -2.41. The molecule has 18 heavy (non-hydrogen) atoms. The van der Waals surface area contributed by atoms with Crippen LogP contribution in [0.4, 0.5) is 0 Å². The van der Waals surface area contributed by atoms with Crippen molar-refractivity contribution in [1.29, 1.82) is 0 Å². The van der Waals surface area contributed by atoms with E-state index in [-0.39, 0.29) is 12.1 Å². The summed E-state index contributed by atoms with van der Waals surface area (Å²) in [4.78, 5) is 0. The van der Waals surface area contributed by atoms with Gasteiger partial charge in [0.05, 0.1) is 18.5 Å². The van der Waals surface area contributed by atoms with Gasteiger partial charge >= 0.3 is 0 Å². The molecule has 0 saturated carbocycles. The zero-order valence-electron chi connectivity index (χ0n) is 10.8. The lowest BCUT2D eigenvalue weighted by molar-refractivity contribution is 0.187. The number of hydrogen-bond donors (Lipinski definition) is 2. The average Bonchev–Trinajstić information content (AvgIpc) is 2.86. The second-order valence-electron chi connectivity index (χ2n) is 5.02. The lowest BCUT2D eigenvalue weighted by atomic mass is 10.1. The van der Waals surface area contributed by atoms with Gasteiger partial charge in [-0.1, -0.05) is 18.2 Å². The van der Waals surface area contributed by atoms with Gasteiger partial charge in [-0.05, 0) is 26.0 Å². The van der Waals surface area contributed by atoms with E-state index in [9.17, 15) is 5.11 Å². The standard InChI is InChI=1S/C14H19N3O/c1-14(2,11-18)15-8-12-9-16-17(10-12)13-6-4-3-5-7-13/h3-7,9-10,15,18H,8,11H2,1-2H3. The minimum atomic E-state index is -0.269. The van der Waals surface area contributed by atoms with Gasteiger partial charge in [0.2, 0.25) is 0 Å². The third kappa shape index (κ3) is 3.18. The highest BCUT2D eigenvalue weighted by Gasteiger charge is 2.15. The number of nitrogens with zero attached hydrogens (tertiary/aromatic N) is 2. The molecule has 96 valence electrons. The first-order valence-corrected chi connectivity index (χ1v) is 6.05. The number of nitrogens with one attached hydrogen (secondary N) is 1. The summed E-state index contributed by atoms with van der Waals surface area (Å²) in [5.41, 5.74) is 1.88. The Morgan fingerprint density at radius 3 is 2.67 bits per heavy atom. The summed E-state index contributed by atoms with van der Waals surface area (Å²) in [5, 5.41) is 16.8. The maximum atomic E-state index is 9.17. The summed E-state index contributed by atoms with van der Waals surface area (Å²) >= 11 is 0. The molecule has 0 spiro atoms. The number of aliphatic hydroxyl groups excluding tert-OH is 1. The third-order valence-electron chi connectivity index (χ3n) is 2.82. The molecule has 0 amide bonds. The highest BCUT2D eigenvalue weighted by molar-refractivity contribution is 5.30. The number of benzene rings is 1. The highest BCUT2D eigenvalue weighted by atomic mass is 16.3. The van der Waals surface area contributed by atoms with Gasteiger partial charge in [-0.3, -0.25) is 0 Å². The van der Waals surface area contributed by atoms with E-state index >= 15 is 0 Å². The molecule has 0 aliphatic rings. The van der Waals surface area contributed by atoms with Crippen molar-refractivity contribution in [2.45, 2.75) is 25.9 Å². The molecule has 0 saturated heterocycles. The molecule has 4 heteroatoms. The van der Waals surface area contributed by atoms with Crippen LogP contribution in [0.25, 0.3) is 5.69 Å². The SMILES string of the molecule is CC(C)(CO)NCc1cnn(-c2ccccc2)c1. The van der Waals surface area contributed by atoms with Gasteiger partial charge in [0.25, 0.3) is 0 Å². The van der Waals surface area contributed by atoms with Crippen LogP contribution in [0.15, 0.2) is 42.7 Å². The number of aliphatic hydroxyl groups is 1. The van der Waals surface area contributed by atoms with Gasteiger partial charge in [0.1, 0.15) is 0 Å². The quantitative estimate of drug-likeness (QED) is 0.843. The van der Waals surface area contributed by atoms with Crippen LogP contribution >= 0.6 is 0 Å². The van der Waals surface area contributed by atoms with E-state index in [1.54, 1.807) is 0 Å². The largest absolute Gasteiger partial charge is 0.394 e. The smallest absolute Gasteiger partial charge is 0.0645 e. The fourth-order valence-corrected chi connectivity index (χ4v) is 1.57. The Kier molecular flexibility index (Phi) is 3.79. The first-order chi connectivity index (χ1) is 8.61. The van der Waals surface area contributed by atoms with E-state index in [2.05, 4.69) is 10.4 Å². The molecule has 0 aliphatic carbocycles. The molecule has 0 unspecified atom stereocenters. The van der Waals surface area contributed by atoms with Crippen LogP contribution in [0.1, 0.15) is 19.4 Å². The normalized spacial score (nSPS) is 11.7. The van der Waals surface area contributed by atoms with Crippen molar-refractivity contribution in [3.05, 3.63) is 48.3 Å². The van der Waals surface area contributed by atoms with Crippen molar-refractivity contribution in [2.24, 2.45) is 0 Å². The maximum absolute atomic E-state index is 9.17. The Balaban J connectivity index is 2.03. The predicted octanol–water partition coefficient (Wildman–Crippen LogP) is 1.73. The molecule has 2 aromatic rings. The van der Waals surface area contributed by atoms with Gasteiger partial charge in [-0.2, -0.15) is 5.10 Å². The Morgan fingerprint density at radius 2 is 2.00 bits per heavy atom. The molecule has 1 aromatic heterocycles. The van der Waals surface area contributed by atoms with E-state index in [1.807, 2.05) is 61.3 Å². The second-order valence-corrected chi connectivity index (χ2v) is 5.02. The topological polar surface area (TPSA) is 50.1 Å². The highest BCUT2D eigenvalue weighted by Crippen LogP contribution is 2.09. The van der Waals surface area contributed by atoms with E-state index < -0.39 is 0 Å². The maximum Gasteiger partial charge on any atom is 0.0645 e. The van der Waals surface area contributed by atoms with Crippen molar-refractivity contribution in [3.8, 4) is 5.69 Å². The van der Waals surface area contributed by atoms with Crippen molar-refractivity contribution in [3.63, 3.8) is 0 Å². The van der Waals surface area contributed by atoms with Gasteiger partial charge < -0.3 is 10.4 Å². The number of rotatable bonds is 5. The predicted molar refractivity (Wildman–Crippen MR) is 71.6 cm³/mol. The molecule has 0 bridgehead atoms. The van der Waals surface area contributed by atoms with Gasteiger partial charge in [0.15, 0.2) is 0 Å². The van der Waals surface area contributed by atoms with Crippen LogP contribution in [0.5, 0.6) is 0 Å². The molecule has 4 nitrogen and oxygen atoms in total. The fourth-order valence-electron chi connectivity index (χ4n) is 1.57. The van der Waals surface area contributed by atoms with Crippen LogP contribution in [0.3, 0.4) is 0 Å². The minimum Gasteiger partial charge on any atom is -0.394 e. The summed E-state index contributed by atoms with van der Waals surface area (Å²) < 4.78 is 1.85. The molecular formula is C14H19N3O. The van der Waals surface area contributed by atoms with E-state index in [1.165, 1.54) is 0 Å². The summed E-state index contributed by atoms with van der Waals surface area (Å²) in [5.74, 6) is 0. The van der Waals surface area contributed by atoms with Crippen molar-refractivity contribution >= 4 is 0 Å². The van der Waals surface area contributed by atoms with E-state index in [0.29, 0.717) is 6.54 Å². The van der Waals surface area contributed by atoms with E-state index in [4.69, 9.17) is 0 Å². The molecule has 0 fully saturated rings. The monoisotopic (exact) mass is 245 g/mol. The number of hydrogen-bond acceptors (Lipinski definition) is 3. The first-order valence-electron chi connectivity index (χ1n) is 6.05. The molecule has 2 rings (SSSR count). The molecule has 2 N–H and O–H groups in total. The zero-order valence-corrected chi connectivity index (χ0v) is 10.8. The van der Waals surface area contributed by atoms with Crippen LogP contribution in [0, 0.1) is 0 Å². The van der Waals surface area contributed by atoms with Crippen LogP contribution in [-0.2, 0) is 6.54 Å². The zero-order chi connectivity index (χ0) is 13.0. The Bertz CT molecular complexity index is 491. The first kappa shape index (κ1) is 12.8. The summed E-state index contributed by atoms with van der Waals surface area (Å²) in [6.07, 6.45) is 3.84. The average molecular weight is 245 g/mol. The van der Waals surface area contributed by atoms with E-state index in [0.717, 1.165) is 11.3 Å². The van der Waals surface area contributed by atoms with Crippen molar-refractivity contribution in [1.82, 2.24) is 15.1 Å². The number of aromatic nitrogens is 2. The van der Waals surface area contributed by atoms with Crippen molar-refractivity contribution < 1.29 is 5.11 Å². The van der Waals surface area contributed by atoms with Gasteiger partial charge in [-0.25, -0.2) is 4.68 Å². The summed E-state index contributed by atoms with van der Waals surface area (Å²) in [6, 6.07) is 10.00. The van der Waals surface area contributed by atoms with Gasteiger partial charge in [-0.15, -0.1) is 0 Å². The molecule has 1 aromatic carbocycles. The van der Waals surface area contributed by atoms with Crippen LogP contribution in [-0.4, -0.2) is 27.0 Å². The Morgan fingerprint density at radius 1 is 1.28 bits per heavy atom. The second kappa shape index (κ2) is 5.33. The fraction of sp³-hybridized carbons (Fsp3) is 0.357. The Hall–Kier alpha value is -1.65. The summed E-state index contributed by atoms with van der Waals surface area (Å²) in [7, 11) is 0.